The number of nitrogens with zero attached hydrogens (tertiary/aromatic N) is 14. The van der Waals surface area contributed by atoms with Crippen molar-refractivity contribution in [1.82, 2.24) is 28.9 Å². The minimum absolute atomic E-state index is 0.245. The van der Waals surface area contributed by atoms with Crippen molar-refractivity contribution >= 4 is 137 Å². The predicted molar refractivity (Wildman–Crippen MR) is 415 cm³/mol. The zero-order valence-electron chi connectivity index (χ0n) is 55.8. The Hall–Kier alpha value is -14.5. The number of para-hydroxylation sites is 4. The van der Waals surface area contributed by atoms with Gasteiger partial charge in [-0.2, -0.15) is 10.5 Å². The van der Waals surface area contributed by atoms with Gasteiger partial charge in [0.2, 0.25) is 11.0 Å². The summed E-state index contributed by atoms with van der Waals surface area (Å²) in [5, 5.41) is 28.3. The first kappa shape index (κ1) is 60.4. The largest absolute Gasteiger partial charge is 0.727 e. The Morgan fingerprint density at radius 2 is 0.829 bits per heavy atom. The molecule has 20 rings (SSSR count). The van der Waals surface area contributed by atoms with Gasteiger partial charge in [-0.25, -0.2) is 4.48 Å². The Bertz CT molecular complexity index is 6830. The molecule has 17 heteroatoms. The van der Waals surface area contributed by atoms with Gasteiger partial charge in [-0.05, 0) is 164 Å². The molecule has 0 amide bonds. The zero-order chi connectivity index (χ0) is 69.8. The molecule has 12 aromatic carbocycles. The number of anilines is 6. The van der Waals surface area contributed by atoms with Gasteiger partial charge in [0.1, 0.15) is 12.1 Å². The molecule has 6 aromatic heterocycles. The lowest BCUT2D eigenvalue weighted by atomic mass is 9.94. The van der Waals surface area contributed by atoms with Gasteiger partial charge in [0.05, 0.1) is 67.5 Å². The van der Waals surface area contributed by atoms with Crippen molar-refractivity contribution in [3.05, 3.63) is 338 Å². The smallest absolute Gasteiger partial charge is 0.311 e. The van der Waals surface area contributed by atoms with E-state index < -0.39 is 7.26 Å². The standard InChI is InChI=1S/C88H52B2FN14/c91-90-101-54-62(50-74(70-22-12-26-78-84(70)97-48-46-95-78)86(101)99-88-72-24-8-14-60-16-10-28-80(82(60)72)105(88)90)56-31-39-66(40-32-56)103(64-19-5-2-6-20-64)68-43-35-58(36-44-68)76(52-93)75(51-92)57-33-41-67(42-34-57)102(63-17-3-1-4-18-63)65-37-29-55(30-38-65)61-49-73(69-21-11-25-77-83(69)96-47-45-94-77)85-98-87-71-23-7-13-59-15-9-27-79(81(59)71)104(87)89-100(85)53-61/h1-50,53-54H/q+2/b76-75+. The van der Waals surface area contributed by atoms with E-state index in [1.54, 1.807) is 33.7 Å². The molecule has 0 fully saturated rings. The number of hydrogen-bond acceptors (Lipinski definition) is 10. The van der Waals surface area contributed by atoms with Crippen molar-refractivity contribution in [1.29, 1.82) is 10.5 Å². The summed E-state index contributed by atoms with van der Waals surface area (Å²) in [5.74, 6) is 1.27. The van der Waals surface area contributed by atoms with E-state index in [4.69, 9.17) is 20.0 Å². The highest BCUT2D eigenvalue weighted by molar-refractivity contribution is 6.42. The van der Waals surface area contributed by atoms with E-state index in [9.17, 15) is 10.5 Å². The fourth-order valence-electron chi connectivity index (χ4n) is 15.5. The lowest BCUT2D eigenvalue weighted by molar-refractivity contribution is -0.535. The molecule has 14 nitrogen and oxygen atoms in total. The number of rotatable bonds is 12. The normalized spacial score (nSPS) is 12.4. The van der Waals surface area contributed by atoms with Crippen LogP contribution in [0.2, 0.25) is 0 Å². The highest BCUT2D eigenvalue weighted by Crippen LogP contribution is 2.43. The van der Waals surface area contributed by atoms with Crippen molar-refractivity contribution in [2.75, 3.05) is 9.80 Å². The molecule has 0 spiro atoms. The first-order valence-electron chi connectivity index (χ1n) is 34.4. The summed E-state index contributed by atoms with van der Waals surface area (Å²) in [7, 11) is 0.514. The quantitative estimate of drug-likeness (QED) is 0.0667. The van der Waals surface area contributed by atoms with E-state index in [2.05, 4.69) is 158 Å². The summed E-state index contributed by atoms with van der Waals surface area (Å²) in [6.45, 7) is 0. The molecule has 0 aliphatic carbocycles. The van der Waals surface area contributed by atoms with Crippen LogP contribution in [0.3, 0.4) is 0 Å². The molecule has 105 heavy (non-hydrogen) atoms. The maximum absolute atomic E-state index is 17.8. The molecule has 0 atom stereocenters. The molecule has 0 N–H and O–H groups in total. The van der Waals surface area contributed by atoms with E-state index in [1.807, 2.05) is 182 Å². The summed E-state index contributed by atoms with van der Waals surface area (Å²) in [5.41, 5.74) is 20.2. The van der Waals surface area contributed by atoms with Crippen molar-refractivity contribution in [3.63, 3.8) is 0 Å². The van der Waals surface area contributed by atoms with Crippen LogP contribution in [-0.2, 0) is 0 Å². The number of pyridine rings is 2. The van der Waals surface area contributed by atoms with E-state index in [0.29, 0.717) is 33.5 Å². The molecule has 0 saturated carbocycles. The Balaban J connectivity index is 0.615. The summed E-state index contributed by atoms with van der Waals surface area (Å²) >= 11 is 0. The second kappa shape index (κ2) is 24.4. The first-order chi connectivity index (χ1) is 51.9. The van der Waals surface area contributed by atoms with Gasteiger partial charge in [0, 0.05) is 103 Å². The van der Waals surface area contributed by atoms with Crippen molar-refractivity contribution < 1.29 is 13.3 Å². The molecule has 485 valence electrons. The number of halogens is 1. The van der Waals surface area contributed by atoms with Crippen molar-refractivity contribution in [2.45, 2.75) is 0 Å². The van der Waals surface area contributed by atoms with Crippen molar-refractivity contribution in [3.8, 4) is 56.6 Å². The average molecular weight is 1350 g/mol. The van der Waals surface area contributed by atoms with Gasteiger partial charge in [-0.1, -0.05) is 158 Å². The van der Waals surface area contributed by atoms with Crippen LogP contribution >= 0.6 is 0 Å². The fraction of sp³-hybridized carbons (Fsp3) is 0. The van der Waals surface area contributed by atoms with Crippen LogP contribution in [0, 0.1) is 22.7 Å². The minimum Gasteiger partial charge on any atom is -0.311 e. The van der Waals surface area contributed by atoms with E-state index in [0.717, 1.165) is 139 Å². The van der Waals surface area contributed by atoms with Crippen LogP contribution in [0.15, 0.2) is 326 Å². The monoisotopic (exact) mass is 1350 g/mol. The summed E-state index contributed by atoms with van der Waals surface area (Å²) < 4.78 is 25.4. The summed E-state index contributed by atoms with van der Waals surface area (Å²) in [6, 6.07) is 98.4. The Morgan fingerprint density at radius 3 is 1.35 bits per heavy atom. The Kier molecular flexibility index (Phi) is 14.0. The summed E-state index contributed by atoms with van der Waals surface area (Å²) in [6.07, 6.45) is 10.8. The van der Waals surface area contributed by atoms with Crippen LogP contribution in [0.4, 0.5) is 50.1 Å². The number of allylic oxidation sites excluding steroid dienone is 2. The number of nitriles is 2. The molecule has 2 aliphatic heterocycles. The molecule has 1 radical (unpaired) electrons. The van der Waals surface area contributed by atoms with Gasteiger partial charge >= 0.3 is 26.4 Å². The topological polar surface area (TPSA) is 148 Å². The molecule has 0 unspecified atom stereocenters. The van der Waals surface area contributed by atoms with Gasteiger partial charge in [0.15, 0.2) is 0 Å². The Morgan fingerprint density at radius 1 is 0.400 bits per heavy atom. The maximum Gasteiger partial charge on any atom is 0.727 e. The second-order valence-electron chi connectivity index (χ2n) is 26.1. The molecule has 8 heterocycles. The van der Waals surface area contributed by atoms with E-state index in [1.165, 1.54) is 5.39 Å². The first-order valence-corrected chi connectivity index (χ1v) is 34.4. The van der Waals surface area contributed by atoms with Crippen molar-refractivity contribution in [2.24, 2.45) is 9.98 Å². The predicted octanol–water partition coefficient (Wildman–Crippen LogP) is 18.2. The summed E-state index contributed by atoms with van der Waals surface area (Å²) in [4.78, 5) is 34.0. The third-order valence-electron chi connectivity index (χ3n) is 20.3. The molecular weight excluding hydrogens is 1290 g/mol. The van der Waals surface area contributed by atoms with Gasteiger partial charge in [-0.15, -0.1) is 0 Å². The van der Waals surface area contributed by atoms with E-state index in [-0.39, 0.29) is 11.1 Å². The third kappa shape index (κ3) is 9.86. The SMILES string of the molecule is N#C/C(=C(/C#N)c1ccc(N(c2ccccc2)c2ccc(-c3cc(-c4cccc5nccnc45)c4[n+](c3)B(F)n3c(c5cccc6cccc3c65)=N4)cc2)cc1)c1ccc(N(c2ccccc2)c2ccc(-c3cc(-c4cccc5nccnc45)c4[n+](c3)[B]n3c(c5cccc6cccc3c65)=N4)cc2)cc1. The average Bonchev–Trinajstić information content (AvgIpc) is 1.61. The molecule has 0 saturated heterocycles. The lowest BCUT2D eigenvalue weighted by Gasteiger charge is -2.26. The number of benzene rings is 12. The van der Waals surface area contributed by atoms with Crippen LogP contribution in [0.1, 0.15) is 11.1 Å². The van der Waals surface area contributed by atoms with E-state index >= 15 is 4.32 Å². The molecule has 2 aliphatic rings. The van der Waals surface area contributed by atoms with Gasteiger partial charge in [0.25, 0.3) is 0 Å². The van der Waals surface area contributed by atoms with Gasteiger partial charge < -0.3 is 14.3 Å². The number of hydrogen-bond donors (Lipinski definition) is 0. The zero-order valence-corrected chi connectivity index (χ0v) is 55.8. The second-order valence-corrected chi connectivity index (χ2v) is 26.1. The van der Waals surface area contributed by atoms with Crippen LogP contribution in [0.5, 0.6) is 0 Å². The highest BCUT2D eigenvalue weighted by Gasteiger charge is 2.42. The highest BCUT2D eigenvalue weighted by atomic mass is 19.1. The number of aromatic nitrogens is 8. The van der Waals surface area contributed by atoms with Crippen LogP contribution < -0.4 is 29.7 Å². The lowest BCUT2D eigenvalue weighted by Crippen LogP contribution is -2.58. The molecule has 0 bridgehead atoms. The Labute approximate surface area is 601 Å². The fourth-order valence-corrected chi connectivity index (χ4v) is 15.5. The van der Waals surface area contributed by atoms with Crippen LogP contribution in [-0.4, -0.2) is 43.7 Å². The third-order valence-corrected chi connectivity index (χ3v) is 20.3. The maximum atomic E-state index is 17.8. The number of fused-ring (bicyclic) bond motifs is 10. The van der Waals surface area contributed by atoms with Gasteiger partial charge in [-0.3, -0.25) is 33.2 Å². The molecule has 18 aromatic rings. The molecular formula is C88H52B2FN14+2. The minimum atomic E-state index is -1.62. The van der Waals surface area contributed by atoms with Crippen LogP contribution in [0.25, 0.3) is 121 Å².